The van der Waals surface area contributed by atoms with Crippen molar-refractivity contribution in [1.29, 1.82) is 0 Å². The number of likely N-dealkylation sites (tertiary alicyclic amines) is 1. The van der Waals surface area contributed by atoms with Gasteiger partial charge in [0, 0.05) is 35.1 Å². The molecule has 1 saturated heterocycles. The van der Waals surface area contributed by atoms with Crippen molar-refractivity contribution in [3.05, 3.63) is 65.4 Å². The van der Waals surface area contributed by atoms with Gasteiger partial charge in [0.1, 0.15) is 5.75 Å². The average Bonchev–Trinajstić information content (AvgIpc) is 2.67. The van der Waals surface area contributed by atoms with Gasteiger partial charge in [-0.1, -0.05) is 30.3 Å². The van der Waals surface area contributed by atoms with Gasteiger partial charge in [0.05, 0.1) is 5.52 Å². The number of aromatic nitrogens is 1. The number of fused-ring (bicyclic) bond motifs is 3. The first-order chi connectivity index (χ1) is 13.1. The summed E-state index contributed by atoms with van der Waals surface area (Å²) in [6.07, 6.45) is 2.91. The molecule has 0 radical (unpaired) electrons. The predicted molar refractivity (Wildman–Crippen MR) is 109 cm³/mol. The Hall–Kier alpha value is -2.59. The van der Waals surface area contributed by atoms with E-state index in [0.717, 1.165) is 54.6 Å². The largest absolute Gasteiger partial charge is 0.508 e. The van der Waals surface area contributed by atoms with E-state index in [1.165, 1.54) is 11.1 Å². The van der Waals surface area contributed by atoms with Gasteiger partial charge >= 0.3 is 0 Å². The highest BCUT2D eigenvalue weighted by atomic mass is 16.3. The minimum Gasteiger partial charge on any atom is -0.508 e. The maximum atomic E-state index is 10.1. The number of para-hydroxylation sites is 1. The van der Waals surface area contributed by atoms with E-state index in [1.54, 1.807) is 6.07 Å². The number of aromatic hydroxyl groups is 1. The number of rotatable bonds is 1. The van der Waals surface area contributed by atoms with Crippen molar-refractivity contribution < 1.29 is 5.11 Å². The van der Waals surface area contributed by atoms with E-state index >= 15 is 0 Å². The number of nitrogen functional groups attached to an aromatic ring is 1. The first kappa shape index (κ1) is 16.6. The van der Waals surface area contributed by atoms with Gasteiger partial charge in [-0.25, -0.2) is 0 Å². The second-order valence-electron chi connectivity index (χ2n) is 8.26. The third-order valence-corrected chi connectivity index (χ3v) is 6.73. The number of piperidine rings is 1. The summed E-state index contributed by atoms with van der Waals surface area (Å²) in [6, 6.07) is 16.0. The van der Waals surface area contributed by atoms with Crippen molar-refractivity contribution >= 4 is 16.6 Å². The normalized spacial score (nSPS) is 25.1. The highest BCUT2D eigenvalue weighted by molar-refractivity contribution is 5.92. The van der Waals surface area contributed by atoms with E-state index in [1.807, 2.05) is 30.3 Å². The Kier molecular flexibility index (Phi) is 3.66. The topological polar surface area (TPSA) is 62.4 Å². The molecule has 5 rings (SSSR count). The van der Waals surface area contributed by atoms with E-state index in [9.17, 15) is 5.11 Å². The molecule has 2 aromatic carbocycles. The van der Waals surface area contributed by atoms with Crippen LogP contribution in [-0.2, 0) is 18.3 Å². The summed E-state index contributed by atoms with van der Waals surface area (Å²) < 4.78 is 0. The molecule has 138 valence electrons. The first-order valence-electron chi connectivity index (χ1n) is 9.71. The molecule has 2 aliphatic rings. The Bertz CT molecular complexity index is 1030. The number of pyridine rings is 1. The minimum atomic E-state index is 0.0140. The maximum absolute atomic E-state index is 10.1. The summed E-state index contributed by atoms with van der Waals surface area (Å²) >= 11 is 0. The number of nitrogens with two attached hydrogens (primary N) is 1. The Morgan fingerprint density at radius 2 is 2.04 bits per heavy atom. The van der Waals surface area contributed by atoms with Crippen LogP contribution < -0.4 is 5.73 Å². The Morgan fingerprint density at radius 3 is 2.89 bits per heavy atom. The fraction of sp³-hybridized carbons (Fsp3) is 0.348. The zero-order chi connectivity index (χ0) is 18.6. The second-order valence-corrected chi connectivity index (χ2v) is 8.26. The number of anilines is 1. The molecule has 27 heavy (non-hydrogen) atoms. The second kappa shape index (κ2) is 5.96. The van der Waals surface area contributed by atoms with Gasteiger partial charge in [0.2, 0.25) is 0 Å². The van der Waals surface area contributed by atoms with Gasteiger partial charge in [-0.05, 0) is 61.7 Å². The van der Waals surface area contributed by atoms with Crippen LogP contribution in [0, 0.1) is 5.92 Å². The lowest BCUT2D eigenvalue weighted by molar-refractivity contribution is 0.0989. The lowest BCUT2D eigenvalue weighted by Crippen LogP contribution is -2.53. The molecule has 1 aromatic heterocycles. The molecule has 1 aliphatic carbocycles. The first-order valence-corrected chi connectivity index (χ1v) is 9.71. The number of nitrogens with zero attached hydrogens (tertiary/aromatic N) is 2. The molecule has 2 heterocycles. The van der Waals surface area contributed by atoms with Crippen LogP contribution in [0.4, 0.5) is 5.69 Å². The Labute approximate surface area is 159 Å². The van der Waals surface area contributed by atoms with Gasteiger partial charge in [-0.2, -0.15) is 0 Å². The molecule has 0 spiro atoms. The third-order valence-electron chi connectivity index (χ3n) is 6.73. The number of phenols is 1. The molecular formula is C23H25N3O. The van der Waals surface area contributed by atoms with Gasteiger partial charge in [-0.3, -0.25) is 4.98 Å². The van der Waals surface area contributed by atoms with Crippen LogP contribution >= 0.6 is 0 Å². The van der Waals surface area contributed by atoms with E-state index < -0.39 is 0 Å². The SMILES string of the molecule is CN1CC[C@]2(c3cccc(O)c3)Cc3nc4ccccc4c(N)c3C[C@H]2C1. The van der Waals surface area contributed by atoms with Crippen LogP contribution in [0.5, 0.6) is 5.75 Å². The van der Waals surface area contributed by atoms with Crippen LogP contribution in [0.3, 0.4) is 0 Å². The van der Waals surface area contributed by atoms with E-state index in [-0.39, 0.29) is 5.41 Å². The Morgan fingerprint density at radius 1 is 1.19 bits per heavy atom. The van der Waals surface area contributed by atoms with Gasteiger partial charge in [-0.15, -0.1) is 0 Å². The summed E-state index contributed by atoms with van der Waals surface area (Å²) in [7, 11) is 2.20. The van der Waals surface area contributed by atoms with Crippen molar-refractivity contribution in [2.45, 2.75) is 24.7 Å². The van der Waals surface area contributed by atoms with E-state index in [4.69, 9.17) is 10.7 Å². The lowest BCUT2D eigenvalue weighted by atomic mass is 9.58. The van der Waals surface area contributed by atoms with Gasteiger partial charge < -0.3 is 15.7 Å². The van der Waals surface area contributed by atoms with Crippen molar-refractivity contribution in [3.8, 4) is 5.75 Å². The fourth-order valence-electron chi connectivity index (χ4n) is 5.28. The summed E-state index contributed by atoms with van der Waals surface area (Å²) in [5, 5.41) is 11.2. The van der Waals surface area contributed by atoms with Crippen molar-refractivity contribution in [2.24, 2.45) is 5.92 Å². The maximum Gasteiger partial charge on any atom is 0.115 e. The van der Waals surface area contributed by atoms with Gasteiger partial charge in [0.25, 0.3) is 0 Å². The zero-order valence-electron chi connectivity index (χ0n) is 15.7. The predicted octanol–water partition coefficient (Wildman–Crippen LogP) is 3.51. The number of hydrogen-bond acceptors (Lipinski definition) is 4. The van der Waals surface area contributed by atoms with Crippen LogP contribution in [0.25, 0.3) is 10.9 Å². The molecule has 3 aromatic rings. The molecular weight excluding hydrogens is 334 g/mol. The third kappa shape index (κ3) is 2.51. The molecule has 0 saturated carbocycles. The molecule has 4 heteroatoms. The zero-order valence-corrected chi connectivity index (χ0v) is 15.7. The number of hydrogen-bond donors (Lipinski definition) is 2. The quantitative estimate of drug-likeness (QED) is 0.698. The summed E-state index contributed by atoms with van der Waals surface area (Å²) in [4.78, 5) is 7.44. The molecule has 2 atom stereocenters. The highest BCUT2D eigenvalue weighted by Gasteiger charge is 2.47. The summed E-state index contributed by atoms with van der Waals surface area (Å²) in [5.74, 6) is 0.812. The lowest BCUT2D eigenvalue weighted by Gasteiger charge is -2.50. The summed E-state index contributed by atoms with van der Waals surface area (Å²) in [5.41, 5.74) is 12.1. The monoisotopic (exact) mass is 359 g/mol. The fourth-order valence-corrected chi connectivity index (χ4v) is 5.28. The molecule has 0 unspecified atom stereocenters. The molecule has 1 aliphatic heterocycles. The van der Waals surface area contributed by atoms with Crippen molar-refractivity contribution in [3.63, 3.8) is 0 Å². The number of benzene rings is 2. The van der Waals surface area contributed by atoms with Crippen LogP contribution in [-0.4, -0.2) is 35.1 Å². The van der Waals surface area contributed by atoms with Crippen molar-refractivity contribution in [2.75, 3.05) is 25.9 Å². The van der Waals surface area contributed by atoms with E-state index in [0.29, 0.717) is 11.7 Å². The smallest absolute Gasteiger partial charge is 0.115 e. The van der Waals surface area contributed by atoms with Crippen molar-refractivity contribution in [1.82, 2.24) is 9.88 Å². The van der Waals surface area contributed by atoms with Crippen LogP contribution in [0.2, 0.25) is 0 Å². The molecule has 4 nitrogen and oxygen atoms in total. The van der Waals surface area contributed by atoms with Crippen LogP contribution in [0.15, 0.2) is 48.5 Å². The molecule has 0 amide bonds. The molecule has 3 N–H and O–H groups in total. The number of phenolic OH excluding ortho intramolecular Hbond substituents is 1. The highest BCUT2D eigenvalue weighted by Crippen LogP contribution is 2.49. The standard InChI is InChI=1S/C23H25N3O/c1-26-10-9-23(15-5-4-6-17(27)11-15)13-21-19(12-16(23)14-26)22(24)18-7-2-3-8-20(18)25-21/h2-8,11,16,27H,9-10,12-14H2,1H3,(H2,24,25)/t16-,23+/m0/s1. The van der Waals surface area contributed by atoms with Crippen LogP contribution in [0.1, 0.15) is 23.2 Å². The minimum absolute atomic E-state index is 0.0140. The van der Waals surface area contributed by atoms with E-state index in [2.05, 4.69) is 24.1 Å². The van der Waals surface area contributed by atoms with Gasteiger partial charge in [0.15, 0.2) is 0 Å². The Balaban J connectivity index is 1.70. The summed E-state index contributed by atoms with van der Waals surface area (Å²) in [6.45, 7) is 2.10. The average molecular weight is 359 g/mol. The molecule has 0 bridgehead atoms. The molecule has 1 fully saturated rings.